The van der Waals surface area contributed by atoms with E-state index >= 15 is 0 Å². The van der Waals surface area contributed by atoms with Gasteiger partial charge in [0.25, 0.3) is 0 Å². The number of phenolic OH excluding ortho intramolecular Hbond substituents is 2. The summed E-state index contributed by atoms with van der Waals surface area (Å²) in [7, 11) is 2.79. The van der Waals surface area contributed by atoms with Crippen molar-refractivity contribution in [2.45, 2.75) is 0 Å². The summed E-state index contributed by atoms with van der Waals surface area (Å²) >= 11 is 0. The SMILES string of the molecule is COc1cc2c(=O)cc(-c3ccc(O)cc3)oc2c(O)c1OC. The second-order valence-electron chi connectivity index (χ2n) is 4.86. The normalized spacial score (nSPS) is 10.7. The molecule has 6 nitrogen and oxygen atoms in total. The first kappa shape index (κ1) is 14.8. The Balaban J connectivity index is 2.31. The van der Waals surface area contributed by atoms with Gasteiger partial charge in [-0.1, -0.05) is 0 Å². The Morgan fingerprint density at radius 2 is 1.70 bits per heavy atom. The van der Waals surface area contributed by atoms with E-state index in [2.05, 4.69) is 0 Å². The van der Waals surface area contributed by atoms with Crippen molar-refractivity contribution in [2.75, 3.05) is 14.2 Å². The van der Waals surface area contributed by atoms with Gasteiger partial charge in [0.15, 0.2) is 16.8 Å². The summed E-state index contributed by atoms with van der Waals surface area (Å²) < 4.78 is 15.9. The van der Waals surface area contributed by atoms with Crippen LogP contribution in [-0.2, 0) is 0 Å². The number of hydrogen-bond donors (Lipinski definition) is 2. The maximum Gasteiger partial charge on any atom is 0.207 e. The van der Waals surface area contributed by atoms with Gasteiger partial charge in [0, 0.05) is 11.6 Å². The van der Waals surface area contributed by atoms with Gasteiger partial charge in [-0.3, -0.25) is 4.79 Å². The van der Waals surface area contributed by atoms with Crippen molar-refractivity contribution >= 4 is 11.0 Å². The van der Waals surface area contributed by atoms with Crippen molar-refractivity contribution in [3.8, 4) is 34.3 Å². The van der Waals surface area contributed by atoms with Gasteiger partial charge in [0.1, 0.15) is 11.5 Å². The molecule has 0 unspecified atom stereocenters. The van der Waals surface area contributed by atoms with Crippen molar-refractivity contribution in [2.24, 2.45) is 0 Å². The minimum Gasteiger partial charge on any atom is -0.508 e. The van der Waals surface area contributed by atoms with E-state index in [1.54, 1.807) is 12.1 Å². The van der Waals surface area contributed by atoms with E-state index < -0.39 is 0 Å². The number of methoxy groups -OCH3 is 2. The van der Waals surface area contributed by atoms with E-state index in [-0.39, 0.29) is 45.2 Å². The summed E-state index contributed by atoms with van der Waals surface area (Å²) in [5.41, 5.74) is 0.278. The van der Waals surface area contributed by atoms with Crippen LogP contribution in [0.25, 0.3) is 22.3 Å². The average Bonchev–Trinajstić information content (AvgIpc) is 2.55. The third kappa shape index (κ3) is 2.44. The molecule has 1 aromatic heterocycles. The lowest BCUT2D eigenvalue weighted by Crippen LogP contribution is -2.02. The van der Waals surface area contributed by atoms with Crippen molar-refractivity contribution in [3.63, 3.8) is 0 Å². The Morgan fingerprint density at radius 3 is 2.30 bits per heavy atom. The molecule has 1 heterocycles. The fourth-order valence-electron chi connectivity index (χ4n) is 2.35. The molecule has 0 aliphatic rings. The number of rotatable bonds is 3. The van der Waals surface area contributed by atoms with Gasteiger partial charge in [0.05, 0.1) is 19.6 Å². The van der Waals surface area contributed by atoms with Gasteiger partial charge < -0.3 is 24.1 Å². The first-order valence-electron chi connectivity index (χ1n) is 6.76. The molecule has 2 aromatic carbocycles. The predicted molar refractivity (Wildman–Crippen MR) is 84.4 cm³/mol. The van der Waals surface area contributed by atoms with Crippen LogP contribution in [0.1, 0.15) is 0 Å². The molecular formula is C17H14O6. The number of benzene rings is 2. The lowest BCUT2D eigenvalue weighted by molar-refractivity contribution is 0.332. The van der Waals surface area contributed by atoms with Crippen LogP contribution in [0.4, 0.5) is 0 Å². The van der Waals surface area contributed by atoms with E-state index in [9.17, 15) is 15.0 Å². The summed E-state index contributed by atoms with van der Waals surface area (Å²) in [6.07, 6.45) is 0. The molecule has 0 spiro atoms. The molecule has 118 valence electrons. The second-order valence-corrected chi connectivity index (χ2v) is 4.86. The zero-order valence-corrected chi connectivity index (χ0v) is 12.5. The summed E-state index contributed by atoms with van der Waals surface area (Å²) in [6, 6.07) is 8.96. The Hall–Kier alpha value is -3.15. The van der Waals surface area contributed by atoms with E-state index in [0.29, 0.717) is 5.56 Å². The van der Waals surface area contributed by atoms with E-state index in [1.807, 2.05) is 0 Å². The summed E-state index contributed by atoms with van der Waals surface area (Å²) in [4.78, 5) is 12.3. The maximum absolute atomic E-state index is 12.3. The highest BCUT2D eigenvalue weighted by molar-refractivity contribution is 5.88. The van der Waals surface area contributed by atoms with E-state index in [4.69, 9.17) is 13.9 Å². The van der Waals surface area contributed by atoms with Gasteiger partial charge in [-0.25, -0.2) is 0 Å². The van der Waals surface area contributed by atoms with Crippen LogP contribution >= 0.6 is 0 Å². The molecule has 3 rings (SSSR count). The Kier molecular flexibility index (Phi) is 3.57. The Labute approximate surface area is 131 Å². The molecule has 23 heavy (non-hydrogen) atoms. The van der Waals surface area contributed by atoms with E-state index in [1.165, 1.54) is 38.5 Å². The quantitative estimate of drug-likeness (QED) is 0.772. The number of hydrogen-bond acceptors (Lipinski definition) is 6. The van der Waals surface area contributed by atoms with Crippen LogP contribution in [0, 0.1) is 0 Å². The predicted octanol–water partition coefficient (Wildman–Crippen LogP) is 2.89. The molecule has 0 bridgehead atoms. The van der Waals surface area contributed by atoms with Crippen molar-refractivity contribution in [3.05, 3.63) is 46.6 Å². The molecule has 0 saturated carbocycles. The average molecular weight is 314 g/mol. The monoisotopic (exact) mass is 314 g/mol. The summed E-state index contributed by atoms with van der Waals surface area (Å²) in [5.74, 6) is 0.393. The minimum absolute atomic E-state index is 0.0122. The highest BCUT2D eigenvalue weighted by Crippen LogP contribution is 2.42. The smallest absolute Gasteiger partial charge is 0.207 e. The molecule has 0 atom stereocenters. The third-order valence-corrected chi connectivity index (χ3v) is 3.49. The molecule has 2 N–H and O–H groups in total. The first-order valence-corrected chi connectivity index (χ1v) is 6.76. The Bertz CT molecular complexity index is 924. The van der Waals surface area contributed by atoms with Crippen molar-refractivity contribution in [1.29, 1.82) is 0 Å². The van der Waals surface area contributed by atoms with Gasteiger partial charge in [-0.2, -0.15) is 0 Å². The van der Waals surface area contributed by atoms with E-state index in [0.717, 1.165) is 0 Å². The van der Waals surface area contributed by atoms with Gasteiger partial charge in [-0.15, -0.1) is 0 Å². The number of fused-ring (bicyclic) bond motifs is 1. The molecule has 0 saturated heterocycles. The van der Waals surface area contributed by atoms with Crippen molar-refractivity contribution in [1.82, 2.24) is 0 Å². The topological polar surface area (TPSA) is 89.1 Å². The molecule has 0 aliphatic carbocycles. The zero-order valence-electron chi connectivity index (χ0n) is 12.5. The molecule has 0 amide bonds. The van der Waals surface area contributed by atoms with Crippen LogP contribution in [0.2, 0.25) is 0 Å². The summed E-state index contributed by atoms with van der Waals surface area (Å²) in [5, 5.41) is 19.8. The van der Waals surface area contributed by atoms with Crippen LogP contribution in [0.15, 0.2) is 45.6 Å². The standard InChI is InChI=1S/C17H14O6/c1-21-14-7-11-12(19)8-13(9-3-5-10(18)6-4-9)23-16(11)15(20)17(14)22-2/h3-8,18,20H,1-2H3. The Morgan fingerprint density at radius 1 is 1.00 bits per heavy atom. The lowest BCUT2D eigenvalue weighted by atomic mass is 10.1. The summed E-state index contributed by atoms with van der Waals surface area (Å²) in [6.45, 7) is 0. The fraction of sp³-hybridized carbons (Fsp3) is 0.118. The van der Waals surface area contributed by atoms with Gasteiger partial charge in [0.2, 0.25) is 11.5 Å². The maximum atomic E-state index is 12.3. The highest BCUT2D eigenvalue weighted by atomic mass is 16.5. The third-order valence-electron chi connectivity index (χ3n) is 3.49. The van der Waals surface area contributed by atoms with Gasteiger partial charge in [-0.05, 0) is 30.3 Å². The van der Waals surface area contributed by atoms with Gasteiger partial charge >= 0.3 is 0 Å². The van der Waals surface area contributed by atoms with Crippen molar-refractivity contribution < 1.29 is 24.1 Å². The molecular weight excluding hydrogens is 300 g/mol. The number of ether oxygens (including phenoxy) is 2. The fourth-order valence-corrected chi connectivity index (χ4v) is 2.35. The highest BCUT2D eigenvalue weighted by Gasteiger charge is 2.19. The lowest BCUT2D eigenvalue weighted by Gasteiger charge is -2.11. The first-order chi connectivity index (χ1) is 11.0. The molecule has 6 heteroatoms. The zero-order chi connectivity index (χ0) is 16.6. The molecule has 0 aliphatic heterocycles. The second kappa shape index (κ2) is 5.57. The molecule has 0 radical (unpaired) electrons. The van der Waals surface area contributed by atoms with Crippen LogP contribution in [0.3, 0.4) is 0 Å². The number of phenols is 2. The molecule has 3 aromatic rings. The van der Waals surface area contributed by atoms with Crippen LogP contribution in [0.5, 0.6) is 23.0 Å². The number of aromatic hydroxyl groups is 2. The largest absolute Gasteiger partial charge is 0.508 e. The minimum atomic E-state index is -0.328. The van der Waals surface area contributed by atoms with Crippen LogP contribution in [-0.4, -0.2) is 24.4 Å². The van der Waals surface area contributed by atoms with Crippen LogP contribution < -0.4 is 14.9 Å². The molecule has 0 fully saturated rings.